The maximum absolute atomic E-state index is 11.7. The van der Waals surface area contributed by atoms with Crippen LogP contribution in [-0.2, 0) is 0 Å². The molecule has 1 aromatic rings. The van der Waals surface area contributed by atoms with Crippen molar-refractivity contribution in [2.75, 3.05) is 19.6 Å². The Morgan fingerprint density at radius 2 is 2.44 bits per heavy atom. The summed E-state index contributed by atoms with van der Waals surface area (Å²) in [4.78, 5) is 19.8. The molecule has 0 bridgehead atoms. The maximum atomic E-state index is 11.7. The van der Waals surface area contributed by atoms with Crippen LogP contribution in [0.4, 0.5) is 0 Å². The molecule has 86 valence electrons. The fourth-order valence-electron chi connectivity index (χ4n) is 1.73. The molecule has 1 aliphatic heterocycles. The van der Waals surface area contributed by atoms with E-state index in [1.807, 2.05) is 6.92 Å². The second-order valence-corrected chi connectivity index (χ2v) is 4.11. The summed E-state index contributed by atoms with van der Waals surface area (Å²) < 4.78 is 0. The summed E-state index contributed by atoms with van der Waals surface area (Å²) in [5.41, 5.74) is 1.20. The largest absolute Gasteiger partial charge is 0.350 e. The minimum Gasteiger partial charge on any atom is -0.350 e. The van der Waals surface area contributed by atoms with Crippen LogP contribution < -0.4 is 10.6 Å². The van der Waals surface area contributed by atoms with Gasteiger partial charge in [0, 0.05) is 12.7 Å². The minimum atomic E-state index is -0.139. The molecule has 5 nitrogen and oxygen atoms in total. The Balaban J connectivity index is 1.85. The molecule has 1 unspecified atom stereocenters. The van der Waals surface area contributed by atoms with E-state index in [9.17, 15) is 4.79 Å². The van der Waals surface area contributed by atoms with E-state index >= 15 is 0 Å². The van der Waals surface area contributed by atoms with Crippen LogP contribution in [0.15, 0.2) is 12.4 Å². The van der Waals surface area contributed by atoms with E-state index in [0.29, 0.717) is 18.2 Å². The second kappa shape index (κ2) is 5.03. The van der Waals surface area contributed by atoms with Gasteiger partial charge in [0.25, 0.3) is 5.91 Å². The predicted octanol–water partition coefficient (Wildman–Crippen LogP) is 0.124. The molecule has 1 aromatic heterocycles. The minimum absolute atomic E-state index is 0.139. The van der Waals surface area contributed by atoms with Gasteiger partial charge in [0.15, 0.2) is 0 Å². The average Bonchev–Trinajstić information content (AvgIpc) is 2.80. The van der Waals surface area contributed by atoms with E-state index in [4.69, 9.17) is 0 Å². The number of rotatable bonds is 3. The van der Waals surface area contributed by atoms with Crippen LogP contribution in [0.3, 0.4) is 0 Å². The van der Waals surface area contributed by atoms with E-state index in [0.717, 1.165) is 25.2 Å². The summed E-state index contributed by atoms with van der Waals surface area (Å²) in [6, 6.07) is 0. The molecule has 1 aliphatic rings. The van der Waals surface area contributed by atoms with E-state index in [-0.39, 0.29) is 5.91 Å². The Kier molecular flexibility index (Phi) is 3.46. The standard InChI is InChI=1S/C11H16N4O/c1-8-4-14-10(7-13-8)11(16)15-6-9-2-3-12-5-9/h4,7,9,12H,2-3,5-6H2,1H3,(H,15,16). The highest BCUT2D eigenvalue weighted by Crippen LogP contribution is 2.05. The van der Waals surface area contributed by atoms with E-state index < -0.39 is 0 Å². The highest BCUT2D eigenvalue weighted by atomic mass is 16.1. The highest BCUT2D eigenvalue weighted by molar-refractivity contribution is 5.91. The molecule has 0 saturated carbocycles. The lowest BCUT2D eigenvalue weighted by Gasteiger charge is -2.09. The van der Waals surface area contributed by atoms with Crippen molar-refractivity contribution in [3.63, 3.8) is 0 Å². The Morgan fingerprint density at radius 1 is 1.56 bits per heavy atom. The van der Waals surface area contributed by atoms with Crippen molar-refractivity contribution in [1.82, 2.24) is 20.6 Å². The molecular formula is C11H16N4O. The smallest absolute Gasteiger partial charge is 0.271 e. The van der Waals surface area contributed by atoms with Crippen molar-refractivity contribution in [2.24, 2.45) is 5.92 Å². The molecule has 1 fully saturated rings. The van der Waals surface area contributed by atoms with Crippen molar-refractivity contribution in [3.05, 3.63) is 23.8 Å². The third-order valence-corrected chi connectivity index (χ3v) is 2.73. The second-order valence-electron chi connectivity index (χ2n) is 4.11. The molecule has 2 N–H and O–H groups in total. The highest BCUT2D eigenvalue weighted by Gasteiger charge is 2.16. The van der Waals surface area contributed by atoms with Gasteiger partial charge in [0.2, 0.25) is 0 Å². The van der Waals surface area contributed by atoms with Crippen LogP contribution in [0.2, 0.25) is 0 Å². The first-order valence-corrected chi connectivity index (χ1v) is 5.53. The van der Waals surface area contributed by atoms with Crippen LogP contribution in [0.5, 0.6) is 0 Å². The zero-order valence-electron chi connectivity index (χ0n) is 9.36. The predicted molar refractivity (Wildman–Crippen MR) is 60.1 cm³/mol. The maximum Gasteiger partial charge on any atom is 0.271 e. The molecule has 2 heterocycles. The summed E-state index contributed by atoms with van der Waals surface area (Å²) in [5.74, 6) is 0.404. The fraction of sp³-hybridized carbons (Fsp3) is 0.545. The molecule has 0 aromatic carbocycles. The monoisotopic (exact) mass is 220 g/mol. The first kappa shape index (κ1) is 11.0. The summed E-state index contributed by atoms with van der Waals surface area (Å²) in [5, 5.41) is 6.14. The number of aryl methyl sites for hydroxylation is 1. The Hall–Kier alpha value is -1.49. The zero-order chi connectivity index (χ0) is 11.4. The Bertz CT molecular complexity index is 357. The summed E-state index contributed by atoms with van der Waals surface area (Å²) in [6.07, 6.45) is 4.24. The van der Waals surface area contributed by atoms with Crippen molar-refractivity contribution >= 4 is 5.91 Å². The fourth-order valence-corrected chi connectivity index (χ4v) is 1.73. The van der Waals surface area contributed by atoms with Gasteiger partial charge in [-0.05, 0) is 32.4 Å². The first-order chi connectivity index (χ1) is 7.75. The number of hydrogen-bond acceptors (Lipinski definition) is 4. The van der Waals surface area contributed by atoms with Gasteiger partial charge in [-0.2, -0.15) is 0 Å². The Labute approximate surface area is 94.7 Å². The van der Waals surface area contributed by atoms with Gasteiger partial charge in [-0.15, -0.1) is 0 Å². The van der Waals surface area contributed by atoms with Crippen molar-refractivity contribution in [3.8, 4) is 0 Å². The van der Waals surface area contributed by atoms with Crippen LogP contribution in [0.25, 0.3) is 0 Å². The van der Waals surface area contributed by atoms with Crippen LogP contribution in [0, 0.1) is 12.8 Å². The average molecular weight is 220 g/mol. The third kappa shape index (κ3) is 2.76. The zero-order valence-corrected chi connectivity index (χ0v) is 9.36. The van der Waals surface area contributed by atoms with Crippen molar-refractivity contribution in [2.45, 2.75) is 13.3 Å². The van der Waals surface area contributed by atoms with Gasteiger partial charge >= 0.3 is 0 Å². The van der Waals surface area contributed by atoms with Gasteiger partial charge in [0.1, 0.15) is 5.69 Å². The number of aromatic nitrogens is 2. The lowest BCUT2D eigenvalue weighted by Crippen LogP contribution is -2.30. The molecule has 0 aliphatic carbocycles. The third-order valence-electron chi connectivity index (χ3n) is 2.73. The number of nitrogens with one attached hydrogen (secondary N) is 2. The number of nitrogens with zero attached hydrogens (tertiary/aromatic N) is 2. The van der Waals surface area contributed by atoms with E-state index in [1.165, 1.54) is 6.20 Å². The molecular weight excluding hydrogens is 204 g/mol. The van der Waals surface area contributed by atoms with Gasteiger partial charge in [-0.1, -0.05) is 0 Å². The molecule has 16 heavy (non-hydrogen) atoms. The molecule has 2 rings (SSSR count). The molecule has 1 saturated heterocycles. The first-order valence-electron chi connectivity index (χ1n) is 5.53. The van der Waals surface area contributed by atoms with Crippen LogP contribution in [-0.4, -0.2) is 35.5 Å². The van der Waals surface area contributed by atoms with E-state index in [1.54, 1.807) is 6.20 Å². The van der Waals surface area contributed by atoms with Gasteiger partial charge in [-0.3, -0.25) is 9.78 Å². The number of carbonyl (C=O) groups is 1. The molecule has 0 spiro atoms. The van der Waals surface area contributed by atoms with Crippen molar-refractivity contribution in [1.29, 1.82) is 0 Å². The van der Waals surface area contributed by atoms with Gasteiger partial charge in [0.05, 0.1) is 11.9 Å². The number of hydrogen-bond donors (Lipinski definition) is 2. The van der Waals surface area contributed by atoms with Crippen LogP contribution >= 0.6 is 0 Å². The lowest BCUT2D eigenvalue weighted by atomic mass is 10.1. The summed E-state index contributed by atoms with van der Waals surface area (Å²) in [7, 11) is 0. The quantitative estimate of drug-likeness (QED) is 0.759. The molecule has 1 amide bonds. The number of carbonyl (C=O) groups excluding carboxylic acids is 1. The van der Waals surface area contributed by atoms with Crippen molar-refractivity contribution < 1.29 is 4.79 Å². The SMILES string of the molecule is Cc1cnc(C(=O)NCC2CCNC2)cn1. The topological polar surface area (TPSA) is 66.9 Å². The number of amides is 1. The van der Waals surface area contributed by atoms with E-state index in [2.05, 4.69) is 20.6 Å². The van der Waals surface area contributed by atoms with Gasteiger partial charge in [-0.25, -0.2) is 4.98 Å². The summed E-state index contributed by atoms with van der Waals surface area (Å²) in [6.45, 7) is 4.59. The lowest BCUT2D eigenvalue weighted by molar-refractivity contribution is 0.0943. The van der Waals surface area contributed by atoms with Crippen LogP contribution in [0.1, 0.15) is 22.6 Å². The normalized spacial score (nSPS) is 19.7. The summed E-state index contributed by atoms with van der Waals surface area (Å²) >= 11 is 0. The Morgan fingerprint density at radius 3 is 3.06 bits per heavy atom. The molecule has 1 atom stereocenters. The van der Waals surface area contributed by atoms with Gasteiger partial charge < -0.3 is 10.6 Å². The molecule has 5 heteroatoms. The molecule has 0 radical (unpaired) electrons.